The Morgan fingerprint density at radius 3 is 2.33 bits per heavy atom. The number of hydrogen-bond donors (Lipinski definition) is 0. The number of methoxy groups -OCH3 is 1. The summed E-state index contributed by atoms with van der Waals surface area (Å²) in [5.74, 6) is 0.586. The van der Waals surface area contributed by atoms with Crippen molar-refractivity contribution in [3.63, 3.8) is 0 Å². The third-order valence-corrected chi connectivity index (χ3v) is 4.50. The third kappa shape index (κ3) is 4.67. The van der Waals surface area contributed by atoms with E-state index in [1.165, 1.54) is 0 Å². The van der Waals surface area contributed by atoms with Crippen LogP contribution in [0, 0.1) is 0 Å². The van der Waals surface area contributed by atoms with Crippen LogP contribution in [0.25, 0.3) is 11.0 Å². The van der Waals surface area contributed by atoms with Crippen LogP contribution in [0.2, 0.25) is 0 Å². The zero-order chi connectivity index (χ0) is 20.2. The highest BCUT2D eigenvalue weighted by atomic mass is 16.5. The molecule has 1 aromatic carbocycles. The first-order valence-corrected chi connectivity index (χ1v) is 9.59. The van der Waals surface area contributed by atoms with Gasteiger partial charge in [-0.3, -0.25) is 14.2 Å². The Balaban J connectivity index is 2.62. The first-order valence-electron chi connectivity index (χ1n) is 9.59. The van der Waals surface area contributed by atoms with E-state index >= 15 is 0 Å². The van der Waals surface area contributed by atoms with Crippen molar-refractivity contribution in [2.75, 3.05) is 20.2 Å². The molecule has 27 heavy (non-hydrogen) atoms. The monoisotopic (exact) mass is 373 g/mol. The highest BCUT2D eigenvalue weighted by Gasteiger charge is 2.24. The number of hydrogen-bond acceptors (Lipinski definition) is 4. The quantitative estimate of drug-likeness (QED) is 0.747. The average Bonchev–Trinajstić information content (AvgIpc) is 2.62. The number of benzene rings is 1. The molecule has 6 heteroatoms. The largest absolute Gasteiger partial charge is 0.497 e. The van der Waals surface area contributed by atoms with E-state index in [4.69, 9.17) is 4.74 Å². The predicted octanol–water partition coefficient (Wildman–Crippen LogP) is 3.35. The van der Waals surface area contributed by atoms with Crippen LogP contribution >= 0.6 is 0 Å². The molecule has 0 aliphatic carbocycles. The summed E-state index contributed by atoms with van der Waals surface area (Å²) >= 11 is 0. The molecule has 2 rings (SSSR count). The van der Waals surface area contributed by atoms with Crippen molar-refractivity contribution in [3.8, 4) is 5.75 Å². The average molecular weight is 373 g/mol. The van der Waals surface area contributed by atoms with E-state index in [-0.39, 0.29) is 18.0 Å². The highest BCUT2D eigenvalue weighted by Crippen LogP contribution is 2.23. The van der Waals surface area contributed by atoms with Crippen molar-refractivity contribution in [3.05, 3.63) is 34.2 Å². The maximum atomic E-state index is 13.2. The summed E-state index contributed by atoms with van der Waals surface area (Å²) in [6.45, 7) is 11.4. The van der Waals surface area contributed by atoms with Crippen molar-refractivity contribution < 1.29 is 9.53 Å². The van der Waals surface area contributed by atoms with Crippen LogP contribution in [0.3, 0.4) is 0 Å². The smallest absolute Gasteiger partial charge is 0.273 e. The molecule has 1 heterocycles. The van der Waals surface area contributed by atoms with E-state index in [9.17, 15) is 9.59 Å². The molecule has 0 N–H and O–H groups in total. The summed E-state index contributed by atoms with van der Waals surface area (Å²) in [7, 11) is 1.58. The van der Waals surface area contributed by atoms with Gasteiger partial charge in [-0.25, -0.2) is 4.98 Å². The third-order valence-electron chi connectivity index (χ3n) is 4.50. The van der Waals surface area contributed by atoms with Gasteiger partial charge in [0.1, 0.15) is 18.0 Å². The number of carbonyl (C=O) groups excluding carboxylic acids is 1. The molecule has 0 aliphatic rings. The number of carbonyl (C=O) groups is 1. The van der Waals surface area contributed by atoms with Gasteiger partial charge in [-0.15, -0.1) is 0 Å². The summed E-state index contributed by atoms with van der Waals surface area (Å²) in [4.78, 5) is 32.5. The van der Waals surface area contributed by atoms with Crippen LogP contribution in [0.5, 0.6) is 5.75 Å². The van der Waals surface area contributed by atoms with Crippen molar-refractivity contribution in [2.45, 2.75) is 59.4 Å². The van der Waals surface area contributed by atoms with E-state index in [0.29, 0.717) is 35.6 Å². The molecule has 0 radical (unpaired) electrons. The Kier molecular flexibility index (Phi) is 6.63. The Hall–Kier alpha value is -2.37. The molecule has 0 saturated heterocycles. The van der Waals surface area contributed by atoms with Gasteiger partial charge in [0.2, 0.25) is 5.91 Å². The van der Waals surface area contributed by atoms with Gasteiger partial charge in [0.25, 0.3) is 5.56 Å². The number of nitrogens with zero attached hydrogens (tertiary/aromatic N) is 3. The second kappa shape index (κ2) is 8.55. The van der Waals surface area contributed by atoms with E-state index in [1.54, 1.807) is 17.7 Å². The minimum Gasteiger partial charge on any atom is -0.497 e. The van der Waals surface area contributed by atoms with Crippen molar-refractivity contribution >= 4 is 16.9 Å². The summed E-state index contributed by atoms with van der Waals surface area (Å²) < 4.78 is 6.85. The lowest BCUT2D eigenvalue weighted by Crippen LogP contribution is -2.40. The number of aromatic nitrogens is 2. The fourth-order valence-electron chi connectivity index (χ4n) is 3.13. The van der Waals surface area contributed by atoms with Gasteiger partial charge in [-0.1, -0.05) is 34.6 Å². The highest BCUT2D eigenvalue weighted by molar-refractivity contribution is 5.81. The van der Waals surface area contributed by atoms with E-state index < -0.39 is 5.41 Å². The van der Waals surface area contributed by atoms with Gasteiger partial charge < -0.3 is 9.64 Å². The Bertz CT molecular complexity index is 859. The van der Waals surface area contributed by atoms with Gasteiger partial charge in [-0.2, -0.15) is 0 Å². The molecule has 0 unspecified atom stereocenters. The minimum absolute atomic E-state index is 0.00804. The zero-order valence-electron chi connectivity index (χ0n) is 17.3. The van der Waals surface area contributed by atoms with Crippen LogP contribution in [0.4, 0.5) is 0 Å². The Labute approximate surface area is 161 Å². The molecule has 1 amide bonds. The predicted molar refractivity (Wildman–Crippen MR) is 108 cm³/mol. The van der Waals surface area contributed by atoms with E-state index in [1.807, 2.05) is 51.7 Å². The fourth-order valence-corrected chi connectivity index (χ4v) is 3.13. The number of ether oxygens (including phenoxy) is 1. The second-order valence-electron chi connectivity index (χ2n) is 7.84. The van der Waals surface area contributed by atoms with Crippen LogP contribution in [0.1, 0.15) is 53.2 Å². The van der Waals surface area contributed by atoms with Crippen LogP contribution in [0.15, 0.2) is 23.0 Å². The van der Waals surface area contributed by atoms with Gasteiger partial charge in [0, 0.05) is 24.6 Å². The van der Waals surface area contributed by atoms with Crippen LogP contribution in [-0.4, -0.2) is 40.6 Å². The van der Waals surface area contributed by atoms with Crippen molar-refractivity contribution in [2.24, 2.45) is 0 Å². The molecule has 6 nitrogen and oxygen atoms in total. The first kappa shape index (κ1) is 20.9. The zero-order valence-corrected chi connectivity index (χ0v) is 17.3. The molecule has 2 aromatic rings. The fraction of sp³-hybridized carbons (Fsp3) is 0.571. The van der Waals surface area contributed by atoms with Gasteiger partial charge >= 0.3 is 0 Å². The molecular weight excluding hydrogens is 342 g/mol. The molecular formula is C21H31N3O3. The van der Waals surface area contributed by atoms with Crippen LogP contribution < -0.4 is 10.3 Å². The SMILES string of the molecule is CCCN(CCC)C(=O)Cn1c(=O)c(C(C)(C)C)nc2ccc(OC)cc21. The second-order valence-corrected chi connectivity index (χ2v) is 7.84. The molecule has 0 atom stereocenters. The summed E-state index contributed by atoms with van der Waals surface area (Å²) in [6.07, 6.45) is 1.78. The molecule has 0 fully saturated rings. The molecule has 0 aliphatic heterocycles. The number of rotatable bonds is 7. The molecule has 0 spiro atoms. The van der Waals surface area contributed by atoms with E-state index in [2.05, 4.69) is 4.98 Å². The normalized spacial score (nSPS) is 11.6. The lowest BCUT2D eigenvalue weighted by atomic mass is 9.92. The number of fused-ring (bicyclic) bond motifs is 1. The van der Waals surface area contributed by atoms with Gasteiger partial charge in [0.05, 0.1) is 18.1 Å². The lowest BCUT2D eigenvalue weighted by Gasteiger charge is -2.24. The van der Waals surface area contributed by atoms with Gasteiger partial charge in [0.15, 0.2) is 0 Å². The minimum atomic E-state index is -0.414. The van der Waals surface area contributed by atoms with Crippen molar-refractivity contribution in [1.29, 1.82) is 0 Å². The lowest BCUT2D eigenvalue weighted by molar-refractivity contribution is -0.131. The summed E-state index contributed by atoms with van der Waals surface area (Å²) in [6, 6.07) is 5.42. The first-order chi connectivity index (χ1) is 12.7. The molecule has 0 saturated carbocycles. The maximum absolute atomic E-state index is 13.2. The maximum Gasteiger partial charge on any atom is 0.273 e. The Morgan fingerprint density at radius 1 is 1.19 bits per heavy atom. The Morgan fingerprint density at radius 2 is 1.81 bits per heavy atom. The number of amides is 1. The van der Waals surface area contributed by atoms with Crippen molar-refractivity contribution in [1.82, 2.24) is 14.5 Å². The standard InChI is InChI=1S/C21H31N3O3/c1-7-11-23(12-8-2)18(25)14-24-17-13-15(27-6)9-10-16(17)22-19(20(24)26)21(3,4)5/h9-10,13H,7-8,11-12,14H2,1-6H3. The summed E-state index contributed by atoms with van der Waals surface area (Å²) in [5, 5.41) is 0. The molecule has 148 valence electrons. The topological polar surface area (TPSA) is 64.4 Å². The molecule has 0 bridgehead atoms. The van der Waals surface area contributed by atoms with Crippen LogP contribution in [-0.2, 0) is 16.8 Å². The van der Waals surface area contributed by atoms with Gasteiger partial charge in [-0.05, 0) is 25.0 Å². The summed E-state index contributed by atoms with van der Waals surface area (Å²) in [5.41, 5.74) is 1.14. The van der Waals surface area contributed by atoms with E-state index in [0.717, 1.165) is 12.8 Å². The molecule has 1 aromatic heterocycles.